The van der Waals surface area contributed by atoms with E-state index in [-0.39, 0.29) is 13.0 Å². The monoisotopic (exact) mass is 787 g/mol. The highest BCUT2D eigenvalue weighted by molar-refractivity contribution is 5.87. The molecule has 0 spiro atoms. The number of carboxylic acids is 1. The number of nitrogens with two attached hydrogens (primary N) is 2. The first-order valence-electron chi connectivity index (χ1n) is 19.3. The Kier molecular flexibility index (Phi) is 19.4. The van der Waals surface area contributed by atoms with Crippen LogP contribution in [0, 0.1) is 0 Å². The molecule has 11 atom stereocenters. The number of aliphatic hydroxyl groups excluding tert-OH is 4. The number of hydrogen-bond acceptors (Lipinski definition) is 15. The zero-order valence-corrected chi connectivity index (χ0v) is 31.8. The van der Waals surface area contributed by atoms with E-state index in [1.165, 1.54) is 51.4 Å². The Morgan fingerprint density at radius 2 is 1.47 bits per heavy atom. The van der Waals surface area contributed by atoms with Crippen LogP contribution in [0.1, 0.15) is 103 Å². The number of carbonyl (C=O) groups excluding carboxylic acids is 2. The van der Waals surface area contributed by atoms with E-state index >= 15 is 0 Å². The second-order valence-electron chi connectivity index (χ2n) is 14.4. The highest BCUT2D eigenvalue weighted by Crippen LogP contribution is 2.34. The van der Waals surface area contributed by atoms with E-state index in [4.69, 9.17) is 30.4 Å². The predicted octanol–water partition coefficient (Wildman–Crippen LogP) is -0.790. The number of H-pyrrole nitrogens is 1. The number of likely N-dealkylation sites (N-methyl/N-ethyl adjacent to an activating group) is 1. The lowest BCUT2D eigenvalue weighted by atomic mass is 9.98. The van der Waals surface area contributed by atoms with Gasteiger partial charge in [-0.15, -0.1) is 0 Å². The molecule has 10 N–H and O–H groups in total. The Morgan fingerprint density at radius 1 is 0.891 bits per heavy atom. The van der Waals surface area contributed by atoms with Gasteiger partial charge in [-0.2, -0.15) is 0 Å². The van der Waals surface area contributed by atoms with Crippen LogP contribution in [-0.4, -0.2) is 139 Å². The molecule has 55 heavy (non-hydrogen) atoms. The Morgan fingerprint density at radius 3 is 2.00 bits per heavy atom. The lowest BCUT2D eigenvalue weighted by Crippen LogP contribution is -2.60. The number of aromatic nitrogens is 2. The van der Waals surface area contributed by atoms with Gasteiger partial charge >= 0.3 is 17.6 Å². The number of hydrogen-bond donors (Lipinski definition) is 8. The van der Waals surface area contributed by atoms with Gasteiger partial charge in [0, 0.05) is 32.3 Å². The fourth-order valence-electron chi connectivity index (χ4n) is 6.77. The van der Waals surface area contributed by atoms with Gasteiger partial charge < -0.3 is 60.8 Å². The van der Waals surface area contributed by atoms with Gasteiger partial charge in [0.05, 0.1) is 0 Å². The second-order valence-corrected chi connectivity index (χ2v) is 14.4. The SMILES string of the molecule is CCCCCCCCCCCCCCCC(=O)OC[C@@H](C(=O)O)N(C)C(=O)[C@@H](N)[C@H](O[C@@H]1O[C@H](CN)[C@@H](O)[C@H]1O)[C@H]1O[C@@H](n2ccc(=O)[nH]c2=O)[C@H](O)[C@@H]1O. The average molecular weight is 788 g/mol. The Labute approximate surface area is 319 Å². The number of aromatic amines is 1. The lowest BCUT2D eigenvalue weighted by Gasteiger charge is -2.35. The van der Waals surface area contributed by atoms with E-state index in [0.29, 0.717) is 11.3 Å². The van der Waals surface area contributed by atoms with E-state index in [1.807, 2.05) is 4.98 Å². The molecule has 2 aliphatic heterocycles. The Balaban J connectivity index is 1.60. The first-order chi connectivity index (χ1) is 26.2. The first kappa shape index (κ1) is 46.1. The molecule has 3 rings (SSSR count). The van der Waals surface area contributed by atoms with E-state index < -0.39 is 103 Å². The second kappa shape index (κ2) is 23.1. The van der Waals surface area contributed by atoms with E-state index in [2.05, 4.69) is 6.92 Å². The number of nitrogens with zero attached hydrogens (tertiary/aromatic N) is 2. The zero-order valence-electron chi connectivity index (χ0n) is 31.8. The number of carbonyl (C=O) groups is 3. The van der Waals surface area contributed by atoms with Crippen molar-refractivity contribution in [3.63, 3.8) is 0 Å². The van der Waals surface area contributed by atoms with Crippen LogP contribution in [0.25, 0.3) is 0 Å². The summed E-state index contributed by atoms with van der Waals surface area (Å²) in [6.07, 6.45) is 0.739. The van der Waals surface area contributed by atoms with Crippen molar-refractivity contribution in [1.29, 1.82) is 0 Å². The fraction of sp³-hybridized carbons (Fsp3) is 0.806. The van der Waals surface area contributed by atoms with Gasteiger partial charge in [0.1, 0.15) is 55.4 Å². The summed E-state index contributed by atoms with van der Waals surface area (Å²) in [5.74, 6) is -3.27. The van der Waals surface area contributed by atoms with Crippen LogP contribution in [0.5, 0.6) is 0 Å². The van der Waals surface area contributed by atoms with Gasteiger partial charge in [0.25, 0.3) is 5.56 Å². The summed E-state index contributed by atoms with van der Waals surface area (Å²) in [6.45, 7) is 1.26. The number of unbranched alkanes of at least 4 members (excludes halogenated alkanes) is 12. The minimum Gasteiger partial charge on any atom is -0.480 e. The minimum atomic E-state index is -1.91. The molecule has 1 aromatic rings. The van der Waals surface area contributed by atoms with Crippen LogP contribution in [0.4, 0.5) is 0 Å². The molecule has 19 heteroatoms. The number of ether oxygens (including phenoxy) is 4. The normalized spacial score (nSPS) is 26.8. The highest BCUT2D eigenvalue weighted by atomic mass is 16.7. The maximum atomic E-state index is 13.8. The highest BCUT2D eigenvalue weighted by Gasteiger charge is 2.54. The molecule has 0 aliphatic carbocycles. The summed E-state index contributed by atoms with van der Waals surface area (Å²) in [7, 11) is 1.09. The van der Waals surface area contributed by atoms with E-state index in [1.54, 1.807) is 0 Å². The Hall–Kier alpha value is -3.27. The Bertz CT molecular complexity index is 1460. The van der Waals surface area contributed by atoms with Crippen molar-refractivity contribution in [2.75, 3.05) is 20.2 Å². The summed E-state index contributed by atoms with van der Waals surface area (Å²) in [5, 5.41) is 52.8. The van der Waals surface area contributed by atoms with Crippen molar-refractivity contribution in [3.05, 3.63) is 33.1 Å². The van der Waals surface area contributed by atoms with Crippen molar-refractivity contribution >= 4 is 17.8 Å². The van der Waals surface area contributed by atoms with Crippen molar-refractivity contribution in [3.8, 4) is 0 Å². The van der Waals surface area contributed by atoms with Gasteiger partial charge in [0.2, 0.25) is 5.91 Å². The fourth-order valence-corrected chi connectivity index (χ4v) is 6.77. The summed E-state index contributed by atoms with van der Waals surface area (Å²) in [6, 6.07) is -2.65. The van der Waals surface area contributed by atoms with Crippen molar-refractivity contribution < 1.29 is 58.9 Å². The molecule has 0 aromatic carbocycles. The number of aliphatic carboxylic acids is 1. The largest absolute Gasteiger partial charge is 0.480 e. The smallest absolute Gasteiger partial charge is 0.330 e. The summed E-state index contributed by atoms with van der Waals surface area (Å²) in [5.41, 5.74) is 10.2. The molecular weight excluding hydrogens is 726 g/mol. The van der Waals surface area contributed by atoms with Crippen LogP contribution in [-0.2, 0) is 33.3 Å². The third-order valence-electron chi connectivity index (χ3n) is 10.2. The summed E-state index contributed by atoms with van der Waals surface area (Å²) < 4.78 is 23.1. The average Bonchev–Trinajstić information content (AvgIpc) is 3.60. The van der Waals surface area contributed by atoms with Gasteiger partial charge in [-0.3, -0.25) is 23.9 Å². The maximum Gasteiger partial charge on any atom is 0.330 e. The van der Waals surface area contributed by atoms with Crippen molar-refractivity contribution in [2.45, 2.75) is 164 Å². The lowest BCUT2D eigenvalue weighted by molar-refractivity contribution is -0.225. The molecule has 0 saturated carbocycles. The number of aliphatic hydroxyl groups is 4. The molecule has 0 radical (unpaired) electrons. The first-order valence-corrected chi connectivity index (χ1v) is 19.3. The molecule has 314 valence electrons. The standard InChI is InChI=1S/C36H61N5O14/c1-3-4-5-6-7-8-9-10-11-12-13-14-15-16-24(43)52-20-21(34(49)50)40(2)32(48)25(38)30(55-35-29(47)26(44)22(19-37)53-35)31-27(45)28(46)33(54-31)41-18-17-23(42)39-36(41)51/h17-18,21-22,25-31,33,35,44-47H,3-16,19-20,37-38H2,1-2H3,(H,49,50)(H,39,42,51)/t21-,22+,25-,26+,27-,28+,29+,30-,31-,33+,35-/m0/s1. The molecule has 0 unspecified atom stereocenters. The van der Waals surface area contributed by atoms with Crippen LogP contribution in [0.15, 0.2) is 21.9 Å². The van der Waals surface area contributed by atoms with Gasteiger partial charge in [-0.1, -0.05) is 84.0 Å². The van der Waals surface area contributed by atoms with Gasteiger partial charge in [-0.25, -0.2) is 9.59 Å². The predicted molar refractivity (Wildman–Crippen MR) is 195 cm³/mol. The maximum absolute atomic E-state index is 13.8. The number of nitrogens with one attached hydrogen (secondary N) is 1. The topological polar surface area (TPSA) is 299 Å². The van der Waals surface area contributed by atoms with Crippen molar-refractivity contribution in [2.24, 2.45) is 11.5 Å². The number of esters is 1. The summed E-state index contributed by atoms with van der Waals surface area (Å²) in [4.78, 5) is 65.3. The van der Waals surface area contributed by atoms with E-state index in [0.717, 1.165) is 49.6 Å². The van der Waals surface area contributed by atoms with Gasteiger partial charge in [-0.05, 0) is 6.42 Å². The van der Waals surface area contributed by atoms with Crippen LogP contribution in [0.3, 0.4) is 0 Å². The zero-order chi connectivity index (χ0) is 40.7. The molecular formula is C36H61N5O14. The third-order valence-corrected chi connectivity index (χ3v) is 10.2. The van der Waals surface area contributed by atoms with Crippen LogP contribution < -0.4 is 22.7 Å². The molecule has 2 saturated heterocycles. The van der Waals surface area contributed by atoms with Crippen LogP contribution >= 0.6 is 0 Å². The number of carboxylic acid groups (broad SMARTS) is 1. The number of rotatable bonds is 25. The van der Waals surface area contributed by atoms with E-state index in [9.17, 15) is 49.5 Å². The third kappa shape index (κ3) is 13.1. The molecule has 19 nitrogen and oxygen atoms in total. The van der Waals surface area contributed by atoms with Crippen LogP contribution in [0.2, 0.25) is 0 Å². The molecule has 1 aromatic heterocycles. The molecule has 2 fully saturated rings. The molecule has 1 amide bonds. The van der Waals surface area contributed by atoms with Crippen molar-refractivity contribution in [1.82, 2.24) is 14.5 Å². The molecule has 0 bridgehead atoms. The van der Waals surface area contributed by atoms with Gasteiger partial charge in [0.15, 0.2) is 18.6 Å². The minimum absolute atomic E-state index is 0.0648. The molecule has 2 aliphatic rings. The molecule has 3 heterocycles. The number of amides is 1. The summed E-state index contributed by atoms with van der Waals surface area (Å²) >= 11 is 0. The quantitative estimate of drug-likeness (QED) is 0.0445.